The van der Waals surface area contributed by atoms with E-state index in [0.29, 0.717) is 0 Å². The molecular weight excluding hydrogens is 208 g/mol. The van der Waals surface area contributed by atoms with E-state index in [1.807, 2.05) is 0 Å². The Hall–Kier alpha value is -0.860. The lowest BCUT2D eigenvalue weighted by Crippen LogP contribution is -2.17. The molecule has 17 heavy (non-hydrogen) atoms. The van der Waals surface area contributed by atoms with Crippen molar-refractivity contribution >= 4 is 0 Å². The van der Waals surface area contributed by atoms with Gasteiger partial charge in [-0.3, -0.25) is 0 Å². The van der Waals surface area contributed by atoms with Crippen LogP contribution in [0.3, 0.4) is 0 Å². The first kappa shape index (κ1) is 14.2. The lowest BCUT2D eigenvalue weighted by Gasteiger charge is -2.23. The number of benzene rings is 1. The summed E-state index contributed by atoms with van der Waals surface area (Å²) >= 11 is 0. The fourth-order valence-electron chi connectivity index (χ4n) is 2.57. The van der Waals surface area contributed by atoms with Crippen molar-refractivity contribution in [3.05, 3.63) is 33.4 Å². The van der Waals surface area contributed by atoms with E-state index in [4.69, 9.17) is 11.5 Å². The Morgan fingerprint density at radius 1 is 0.824 bits per heavy atom. The Morgan fingerprint density at radius 3 is 1.65 bits per heavy atom. The van der Waals surface area contributed by atoms with Crippen molar-refractivity contribution in [2.24, 2.45) is 11.5 Å². The van der Waals surface area contributed by atoms with Crippen molar-refractivity contribution in [1.29, 1.82) is 0 Å². The average Bonchev–Trinajstić information content (AvgIpc) is 2.31. The van der Waals surface area contributed by atoms with Crippen LogP contribution in [0.2, 0.25) is 0 Å². The zero-order chi connectivity index (χ0) is 13.2. The standard InChI is InChI=1S/C15H26N2/c1-9-10(2)12(4)15(13(5)11(9)3)14(17)7-6-8-16/h14H,6-8,16-17H2,1-5H3/t14-/m1/s1. The number of hydrogen-bond acceptors (Lipinski definition) is 2. The van der Waals surface area contributed by atoms with Crippen LogP contribution in [0.1, 0.15) is 52.3 Å². The zero-order valence-electron chi connectivity index (χ0n) is 11.9. The molecule has 96 valence electrons. The molecule has 2 heteroatoms. The van der Waals surface area contributed by atoms with E-state index in [-0.39, 0.29) is 6.04 Å². The molecule has 0 heterocycles. The third-order valence-corrected chi connectivity index (χ3v) is 4.15. The Kier molecular flexibility index (Phi) is 4.72. The van der Waals surface area contributed by atoms with Gasteiger partial charge in [-0.2, -0.15) is 0 Å². The lowest BCUT2D eigenvalue weighted by molar-refractivity contribution is 0.611. The van der Waals surface area contributed by atoms with E-state index in [1.54, 1.807) is 0 Å². The minimum atomic E-state index is 0.122. The van der Waals surface area contributed by atoms with Gasteiger partial charge in [0.05, 0.1) is 0 Å². The molecule has 0 spiro atoms. The molecular formula is C15H26N2. The van der Waals surface area contributed by atoms with Gasteiger partial charge in [-0.1, -0.05) is 0 Å². The summed E-state index contributed by atoms with van der Waals surface area (Å²) in [6, 6.07) is 0.122. The van der Waals surface area contributed by atoms with E-state index < -0.39 is 0 Å². The molecule has 1 aromatic rings. The van der Waals surface area contributed by atoms with E-state index in [2.05, 4.69) is 34.6 Å². The van der Waals surface area contributed by atoms with Gasteiger partial charge in [0.2, 0.25) is 0 Å². The van der Waals surface area contributed by atoms with E-state index in [0.717, 1.165) is 19.4 Å². The molecule has 0 aliphatic carbocycles. The van der Waals surface area contributed by atoms with Crippen LogP contribution in [0.25, 0.3) is 0 Å². The van der Waals surface area contributed by atoms with Crippen LogP contribution in [0.5, 0.6) is 0 Å². The van der Waals surface area contributed by atoms with Gasteiger partial charge in [0.1, 0.15) is 0 Å². The fraction of sp³-hybridized carbons (Fsp3) is 0.600. The summed E-state index contributed by atoms with van der Waals surface area (Å²) in [4.78, 5) is 0. The third kappa shape index (κ3) is 2.70. The van der Waals surface area contributed by atoms with Gasteiger partial charge in [0.15, 0.2) is 0 Å². The Labute approximate surface area is 105 Å². The predicted molar refractivity (Wildman–Crippen MR) is 75.3 cm³/mol. The molecule has 0 aromatic heterocycles. The largest absolute Gasteiger partial charge is 0.330 e. The maximum Gasteiger partial charge on any atom is 0.0300 e. The highest BCUT2D eigenvalue weighted by Gasteiger charge is 2.16. The first-order valence-corrected chi connectivity index (χ1v) is 6.44. The fourth-order valence-corrected chi connectivity index (χ4v) is 2.57. The van der Waals surface area contributed by atoms with Crippen LogP contribution < -0.4 is 11.5 Å². The van der Waals surface area contributed by atoms with Crippen LogP contribution in [0.4, 0.5) is 0 Å². The summed E-state index contributed by atoms with van der Waals surface area (Å²) in [5.74, 6) is 0. The molecule has 0 bridgehead atoms. The Morgan fingerprint density at radius 2 is 1.24 bits per heavy atom. The second kappa shape index (κ2) is 5.65. The van der Waals surface area contributed by atoms with Crippen molar-refractivity contribution in [3.63, 3.8) is 0 Å². The summed E-state index contributed by atoms with van der Waals surface area (Å²) < 4.78 is 0. The summed E-state index contributed by atoms with van der Waals surface area (Å²) in [6.07, 6.45) is 1.96. The van der Waals surface area contributed by atoms with Gasteiger partial charge in [-0.15, -0.1) is 0 Å². The first-order valence-electron chi connectivity index (χ1n) is 6.44. The monoisotopic (exact) mass is 234 g/mol. The molecule has 0 aliphatic rings. The molecule has 2 nitrogen and oxygen atoms in total. The van der Waals surface area contributed by atoms with Gasteiger partial charge in [0, 0.05) is 6.04 Å². The maximum absolute atomic E-state index is 6.32. The van der Waals surface area contributed by atoms with Gasteiger partial charge < -0.3 is 11.5 Å². The minimum absolute atomic E-state index is 0.122. The second-order valence-electron chi connectivity index (χ2n) is 5.08. The first-order chi connectivity index (χ1) is 7.91. The van der Waals surface area contributed by atoms with Crippen LogP contribution >= 0.6 is 0 Å². The summed E-state index contributed by atoms with van der Waals surface area (Å²) in [5.41, 5.74) is 20.1. The van der Waals surface area contributed by atoms with Crippen molar-refractivity contribution in [2.45, 2.75) is 53.5 Å². The van der Waals surface area contributed by atoms with Gasteiger partial charge in [-0.25, -0.2) is 0 Å². The van der Waals surface area contributed by atoms with E-state index in [9.17, 15) is 0 Å². The highest BCUT2D eigenvalue weighted by Crippen LogP contribution is 2.31. The van der Waals surface area contributed by atoms with Crippen LogP contribution in [-0.4, -0.2) is 6.54 Å². The highest BCUT2D eigenvalue weighted by molar-refractivity contribution is 5.50. The topological polar surface area (TPSA) is 52.0 Å². The lowest BCUT2D eigenvalue weighted by atomic mass is 9.85. The molecule has 1 rings (SSSR count). The molecule has 0 saturated heterocycles. The van der Waals surface area contributed by atoms with Crippen molar-refractivity contribution in [1.82, 2.24) is 0 Å². The summed E-state index contributed by atoms with van der Waals surface area (Å²) in [5, 5.41) is 0. The number of hydrogen-bond donors (Lipinski definition) is 2. The third-order valence-electron chi connectivity index (χ3n) is 4.15. The normalized spacial score (nSPS) is 12.9. The summed E-state index contributed by atoms with van der Waals surface area (Å²) in [6.45, 7) is 11.7. The van der Waals surface area contributed by atoms with Crippen LogP contribution in [0.15, 0.2) is 0 Å². The smallest absolute Gasteiger partial charge is 0.0300 e. The predicted octanol–water partition coefficient (Wildman–Crippen LogP) is 2.97. The maximum atomic E-state index is 6.32. The van der Waals surface area contributed by atoms with Gasteiger partial charge in [-0.05, 0) is 87.4 Å². The minimum Gasteiger partial charge on any atom is -0.330 e. The van der Waals surface area contributed by atoms with Crippen molar-refractivity contribution in [3.8, 4) is 0 Å². The Balaban J connectivity index is 3.24. The van der Waals surface area contributed by atoms with Crippen molar-refractivity contribution < 1.29 is 0 Å². The summed E-state index contributed by atoms with van der Waals surface area (Å²) in [7, 11) is 0. The van der Waals surface area contributed by atoms with E-state index in [1.165, 1.54) is 33.4 Å². The molecule has 0 saturated carbocycles. The molecule has 0 aliphatic heterocycles. The average molecular weight is 234 g/mol. The Bertz CT molecular complexity index is 379. The van der Waals surface area contributed by atoms with Gasteiger partial charge in [0.25, 0.3) is 0 Å². The zero-order valence-corrected chi connectivity index (χ0v) is 11.9. The molecule has 0 fully saturated rings. The van der Waals surface area contributed by atoms with Gasteiger partial charge >= 0.3 is 0 Å². The molecule has 1 aromatic carbocycles. The molecule has 0 amide bonds. The molecule has 0 unspecified atom stereocenters. The van der Waals surface area contributed by atoms with E-state index >= 15 is 0 Å². The SMILES string of the molecule is Cc1c(C)c(C)c([C@H](N)CCCN)c(C)c1C. The second-order valence-corrected chi connectivity index (χ2v) is 5.08. The molecule has 0 radical (unpaired) electrons. The number of rotatable bonds is 4. The molecule has 1 atom stereocenters. The van der Waals surface area contributed by atoms with Crippen molar-refractivity contribution in [2.75, 3.05) is 6.54 Å². The van der Waals surface area contributed by atoms with Crippen LogP contribution in [-0.2, 0) is 0 Å². The highest BCUT2D eigenvalue weighted by atomic mass is 14.6. The molecule has 4 N–H and O–H groups in total. The van der Waals surface area contributed by atoms with Crippen LogP contribution in [0, 0.1) is 34.6 Å². The quantitative estimate of drug-likeness (QED) is 0.841. The number of nitrogens with two attached hydrogens (primary N) is 2.